The van der Waals surface area contributed by atoms with E-state index in [1.54, 1.807) is 6.20 Å². The van der Waals surface area contributed by atoms with Gasteiger partial charge in [0, 0.05) is 30.1 Å². The molecule has 1 aromatic rings. The highest BCUT2D eigenvalue weighted by molar-refractivity contribution is 9.10. The first-order chi connectivity index (χ1) is 9.71. The molecule has 0 saturated heterocycles. The molecule has 1 N–H and O–H groups in total. The summed E-state index contributed by atoms with van der Waals surface area (Å²) in [6.45, 7) is 8.37. The predicted molar refractivity (Wildman–Crippen MR) is 84.8 cm³/mol. The van der Waals surface area contributed by atoms with Gasteiger partial charge in [0.25, 0.3) is 0 Å². The molecule has 0 radical (unpaired) electrons. The van der Waals surface area contributed by atoms with Gasteiger partial charge in [-0.15, -0.1) is 0 Å². The molecular weight excluding hydrogens is 320 g/mol. The number of nitrogens with one attached hydrogen (secondary N) is 1. The van der Waals surface area contributed by atoms with Crippen molar-refractivity contribution in [3.63, 3.8) is 0 Å². The standard InChI is InChI=1S/C15H25BrN2O2/c1-4-7-18-14(15(19-5-2)20-6-3)9-12-8-13(16)11-17-10-12/h8,10-11,14-15,18H,4-7,9H2,1-3H3. The van der Waals surface area contributed by atoms with Crippen LogP contribution in [-0.2, 0) is 15.9 Å². The van der Waals surface area contributed by atoms with Gasteiger partial charge in [0.15, 0.2) is 6.29 Å². The number of hydrogen-bond donors (Lipinski definition) is 1. The van der Waals surface area contributed by atoms with Crippen molar-refractivity contribution in [2.75, 3.05) is 19.8 Å². The van der Waals surface area contributed by atoms with E-state index in [0.29, 0.717) is 13.2 Å². The minimum Gasteiger partial charge on any atom is -0.351 e. The number of aromatic nitrogens is 1. The van der Waals surface area contributed by atoms with Gasteiger partial charge in [0.2, 0.25) is 0 Å². The molecule has 5 heteroatoms. The van der Waals surface area contributed by atoms with Crippen LogP contribution < -0.4 is 5.32 Å². The highest BCUT2D eigenvalue weighted by Gasteiger charge is 2.22. The van der Waals surface area contributed by atoms with Gasteiger partial charge in [-0.1, -0.05) is 6.92 Å². The van der Waals surface area contributed by atoms with Crippen LogP contribution in [0.1, 0.15) is 32.8 Å². The Labute approximate surface area is 130 Å². The van der Waals surface area contributed by atoms with Crippen molar-refractivity contribution in [2.45, 2.75) is 45.9 Å². The van der Waals surface area contributed by atoms with Gasteiger partial charge in [-0.3, -0.25) is 4.98 Å². The second kappa shape index (κ2) is 10.3. The summed E-state index contributed by atoms with van der Waals surface area (Å²) < 4.78 is 12.4. The fourth-order valence-corrected chi connectivity index (χ4v) is 2.44. The monoisotopic (exact) mass is 344 g/mol. The molecule has 20 heavy (non-hydrogen) atoms. The van der Waals surface area contributed by atoms with Crippen molar-refractivity contribution in [3.8, 4) is 0 Å². The van der Waals surface area contributed by atoms with E-state index in [-0.39, 0.29) is 12.3 Å². The lowest BCUT2D eigenvalue weighted by Crippen LogP contribution is -2.45. The number of halogens is 1. The molecule has 0 aliphatic heterocycles. The molecule has 0 saturated carbocycles. The van der Waals surface area contributed by atoms with E-state index in [1.807, 2.05) is 20.0 Å². The van der Waals surface area contributed by atoms with Crippen LogP contribution in [0, 0.1) is 0 Å². The van der Waals surface area contributed by atoms with Crippen molar-refractivity contribution < 1.29 is 9.47 Å². The maximum atomic E-state index is 5.73. The smallest absolute Gasteiger partial charge is 0.172 e. The lowest BCUT2D eigenvalue weighted by Gasteiger charge is -2.27. The van der Waals surface area contributed by atoms with Crippen LogP contribution in [-0.4, -0.2) is 37.1 Å². The minimum atomic E-state index is -0.226. The normalized spacial score (nSPS) is 12.8. The fourth-order valence-electron chi connectivity index (χ4n) is 2.02. The van der Waals surface area contributed by atoms with E-state index in [9.17, 15) is 0 Å². The molecule has 1 rings (SSSR count). The van der Waals surface area contributed by atoms with Crippen molar-refractivity contribution >= 4 is 15.9 Å². The zero-order valence-corrected chi connectivity index (χ0v) is 14.1. The summed E-state index contributed by atoms with van der Waals surface area (Å²) in [5, 5.41) is 3.51. The van der Waals surface area contributed by atoms with E-state index in [4.69, 9.17) is 9.47 Å². The Kier molecular flexibility index (Phi) is 9.02. The molecule has 0 aromatic carbocycles. The van der Waals surface area contributed by atoms with Gasteiger partial charge in [0.05, 0.1) is 6.04 Å². The average molecular weight is 345 g/mol. The number of hydrogen-bond acceptors (Lipinski definition) is 4. The fraction of sp³-hybridized carbons (Fsp3) is 0.667. The molecule has 0 spiro atoms. The molecule has 0 fully saturated rings. The minimum absolute atomic E-state index is 0.131. The van der Waals surface area contributed by atoms with E-state index in [1.165, 1.54) is 0 Å². The highest BCUT2D eigenvalue weighted by Crippen LogP contribution is 2.14. The Morgan fingerprint density at radius 3 is 2.45 bits per heavy atom. The van der Waals surface area contributed by atoms with Gasteiger partial charge in [-0.25, -0.2) is 0 Å². The van der Waals surface area contributed by atoms with Crippen LogP contribution >= 0.6 is 15.9 Å². The Hall–Kier alpha value is -0.490. The largest absolute Gasteiger partial charge is 0.351 e. The van der Waals surface area contributed by atoms with Crippen LogP contribution in [0.15, 0.2) is 22.9 Å². The molecule has 1 unspecified atom stereocenters. The lowest BCUT2D eigenvalue weighted by molar-refractivity contribution is -0.153. The molecule has 4 nitrogen and oxygen atoms in total. The molecule has 0 amide bonds. The Morgan fingerprint density at radius 2 is 1.90 bits per heavy atom. The third-order valence-corrected chi connectivity index (χ3v) is 3.30. The van der Waals surface area contributed by atoms with Crippen molar-refractivity contribution in [1.29, 1.82) is 0 Å². The van der Waals surface area contributed by atoms with Crippen LogP contribution in [0.25, 0.3) is 0 Å². The molecule has 0 aliphatic carbocycles. The number of nitrogens with zero attached hydrogens (tertiary/aromatic N) is 1. The number of ether oxygens (including phenoxy) is 2. The Morgan fingerprint density at radius 1 is 1.20 bits per heavy atom. The molecule has 0 bridgehead atoms. The maximum absolute atomic E-state index is 5.73. The Balaban J connectivity index is 2.75. The molecule has 1 atom stereocenters. The maximum Gasteiger partial charge on any atom is 0.172 e. The third-order valence-electron chi connectivity index (χ3n) is 2.86. The highest BCUT2D eigenvalue weighted by atomic mass is 79.9. The lowest BCUT2D eigenvalue weighted by atomic mass is 10.1. The van der Waals surface area contributed by atoms with Crippen molar-refractivity contribution in [3.05, 3.63) is 28.5 Å². The average Bonchev–Trinajstić information content (AvgIpc) is 2.43. The first kappa shape index (κ1) is 17.6. The first-order valence-electron chi connectivity index (χ1n) is 7.27. The van der Waals surface area contributed by atoms with Gasteiger partial charge in [-0.05, 0) is 60.8 Å². The third kappa shape index (κ3) is 6.31. The number of rotatable bonds is 10. The van der Waals surface area contributed by atoms with E-state index < -0.39 is 0 Å². The second-order valence-electron chi connectivity index (χ2n) is 4.56. The molecule has 1 heterocycles. The van der Waals surface area contributed by atoms with E-state index in [0.717, 1.165) is 29.4 Å². The summed E-state index contributed by atoms with van der Waals surface area (Å²) >= 11 is 3.46. The number of pyridine rings is 1. The van der Waals surface area contributed by atoms with Crippen molar-refractivity contribution in [2.24, 2.45) is 0 Å². The SMILES string of the molecule is CCCNC(Cc1cncc(Br)c1)C(OCC)OCC. The quantitative estimate of drug-likeness (QED) is 0.662. The van der Waals surface area contributed by atoms with E-state index in [2.05, 4.69) is 39.2 Å². The molecule has 1 aromatic heterocycles. The molecule has 114 valence electrons. The summed E-state index contributed by atoms with van der Waals surface area (Å²) in [6.07, 6.45) is 5.37. The predicted octanol–water partition coefficient (Wildman–Crippen LogP) is 3.15. The molecular formula is C15H25BrN2O2. The summed E-state index contributed by atoms with van der Waals surface area (Å²) in [4.78, 5) is 4.21. The summed E-state index contributed by atoms with van der Waals surface area (Å²) in [7, 11) is 0. The Bertz CT molecular complexity index is 371. The van der Waals surface area contributed by atoms with E-state index >= 15 is 0 Å². The van der Waals surface area contributed by atoms with Crippen LogP contribution in [0.5, 0.6) is 0 Å². The van der Waals surface area contributed by atoms with Gasteiger partial charge in [0.1, 0.15) is 0 Å². The molecule has 0 aliphatic rings. The van der Waals surface area contributed by atoms with Gasteiger partial charge in [-0.2, -0.15) is 0 Å². The zero-order valence-electron chi connectivity index (χ0n) is 12.6. The van der Waals surface area contributed by atoms with Gasteiger partial charge < -0.3 is 14.8 Å². The summed E-state index contributed by atoms with van der Waals surface area (Å²) in [5.74, 6) is 0. The zero-order chi connectivity index (χ0) is 14.8. The van der Waals surface area contributed by atoms with Gasteiger partial charge >= 0.3 is 0 Å². The summed E-state index contributed by atoms with van der Waals surface area (Å²) in [6, 6.07) is 2.22. The second-order valence-corrected chi connectivity index (χ2v) is 5.47. The first-order valence-corrected chi connectivity index (χ1v) is 8.06. The topological polar surface area (TPSA) is 43.4 Å². The van der Waals surface area contributed by atoms with Crippen molar-refractivity contribution in [1.82, 2.24) is 10.3 Å². The summed E-state index contributed by atoms with van der Waals surface area (Å²) in [5.41, 5.74) is 1.16. The van der Waals surface area contributed by atoms with Crippen LogP contribution in [0.3, 0.4) is 0 Å². The van der Waals surface area contributed by atoms with Crippen LogP contribution in [0.2, 0.25) is 0 Å². The van der Waals surface area contributed by atoms with Crippen LogP contribution in [0.4, 0.5) is 0 Å².